The van der Waals surface area contributed by atoms with Crippen LogP contribution in [0.15, 0.2) is 24.3 Å². The van der Waals surface area contributed by atoms with Gasteiger partial charge in [0.05, 0.1) is 25.7 Å². The molecule has 6 heteroatoms. The molecule has 0 amide bonds. The second kappa shape index (κ2) is 9.25. The zero-order valence-corrected chi connectivity index (χ0v) is 16.6. The summed E-state index contributed by atoms with van der Waals surface area (Å²) in [5.74, 6) is -0.233. The predicted molar refractivity (Wildman–Crippen MR) is 108 cm³/mol. The van der Waals surface area contributed by atoms with Crippen molar-refractivity contribution in [2.75, 3.05) is 57.5 Å². The number of aliphatic carboxylic acids is 1. The summed E-state index contributed by atoms with van der Waals surface area (Å²) in [6.45, 7) is 7.67. The van der Waals surface area contributed by atoms with Gasteiger partial charge in [-0.1, -0.05) is 18.2 Å². The van der Waals surface area contributed by atoms with E-state index in [4.69, 9.17) is 9.47 Å². The second-order valence-corrected chi connectivity index (χ2v) is 8.31. The molecule has 3 fully saturated rings. The van der Waals surface area contributed by atoms with Crippen LogP contribution < -0.4 is 4.90 Å². The normalized spacial score (nSPS) is 27.6. The number of morpholine rings is 1. The Labute approximate surface area is 167 Å². The Hall–Kier alpha value is -1.63. The number of anilines is 1. The topological polar surface area (TPSA) is 62.2 Å². The highest BCUT2D eigenvalue weighted by Gasteiger charge is 2.38. The van der Waals surface area contributed by atoms with E-state index < -0.39 is 5.97 Å². The molecule has 0 spiro atoms. The molecular weight excluding hydrogens is 356 g/mol. The van der Waals surface area contributed by atoms with Crippen LogP contribution in [0.2, 0.25) is 0 Å². The highest BCUT2D eigenvalue weighted by Crippen LogP contribution is 2.36. The van der Waals surface area contributed by atoms with E-state index in [1.165, 1.54) is 11.3 Å². The molecule has 3 saturated heterocycles. The van der Waals surface area contributed by atoms with Gasteiger partial charge < -0.3 is 19.5 Å². The highest BCUT2D eigenvalue weighted by molar-refractivity contribution is 5.70. The number of carbonyl (C=O) groups is 1. The lowest BCUT2D eigenvalue weighted by Gasteiger charge is -2.40. The first-order valence-electron chi connectivity index (χ1n) is 10.7. The van der Waals surface area contributed by atoms with Crippen LogP contribution in [0.3, 0.4) is 0 Å². The van der Waals surface area contributed by atoms with Crippen LogP contribution in [0.25, 0.3) is 0 Å². The molecule has 154 valence electrons. The van der Waals surface area contributed by atoms with Gasteiger partial charge in [0.2, 0.25) is 0 Å². The molecule has 0 aromatic heterocycles. The first kappa shape index (κ1) is 19.7. The van der Waals surface area contributed by atoms with Gasteiger partial charge in [-0.05, 0) is 55.8 Å². The lowest BCUT2D eigenvalue weighted by molar-refractivity contribution is -0.151. The molecule has 3 aliphatic rings. The Kier molecular flexibility index (Phi) is 6.50. The van der Waals surface area contributed by atoms with Crippen molar-refractivity contribution in [2.24, 2.45) is 17.8 Å². The molecule has 0 aliphatic carbocycles. The number of benzene rings is 1. The molecule has 6 nitrogen and oxygen atoms in total. The number of carboxylic acids is 1. The summed E-state index contributed by atoms with van der Waals surface area (Å²) in [6, 6.07) is 8.73. The van der Waals surface area contributed by atoms with Gasteiger partial charge in [-0.3, -0.25) is 9.69 Å². The minimum atomic E-state index is -0.688. The van der Waals surface area contributed by atoms with Gasteiger partial charge >= 0.3 is 5.97 Å². The lowest BCUT2D eigenvalue weighted by atomic mass is 9.74. The van der Waals surface area contributed by atoms with E-state index in [2.05, 4.69) is 34.1 Å². The summed E-state index contributed by atoms with van der Waals surface area (Å²) < 4.78 is 10.9. The van der Waals surface area contributed by atoms with E-state index in [9.17, 15) is 9.90 Å². The molecule has 4 rings (SSSR count). The summed E-state index contributed by atoms with van der Waals surface area (Å²) in [7, 11) is 0. The summed E-state index contributed by atoms with van der Waals surface area (Å²) in [5, 5.41) is 9.54. The van der Waals surface area contributed by atoms with Crippen LogP contribution in [-0.4, -0.2) is 68.6 Å². The maximum Gasteiger partial charge on any atom is 0.309 e. The predicted octanol–water partition coefficient (Wildman–Crippen LogP) is 2.47. The smallest absolute Gasteiger partial charge is 0.309 e. The monoisotopic (exact) mass is 388 g/mol. The first-order valence-corrected chi connectivity index (χ1v) is 10.7. The standard InChI is InChI=1S/C22H32N2O4/c25-22(26)20-16-28-12-7-19(20)17-5-8-23(9-6-17)15-18-3-1-2-4-21(18)24-10-13-27-14-11-24/h1-4,17,19-20H,5-16H2,(H,25,26)/t19-,20-/m1/s1. The third-order valence-electron chi connectivity index (χ3n) is 6.70. The molecule has 1 aromatic carbocycles. The Balaban J connectivity index is 1.35. The van der Waals surface area contributed by atoms with E-state index in [-0.39, 0.29) is 11.8 Å². The largest absolute Gasteiger partial charge is 0.481 e. The fourth-order valence-corrected chi connectivity index (χ4v) is 5.11. The number of ether oxygens (including phenoxy) is 2. The van der Waals surface area contributed by atoms with Crippen molar-refractivity contribution in [3.63, 3.8) is 0 Å². The van der Waals surface area contributed by atoms with Crippen molar-refractivity contribution in [1.29, 1.82) is 0 Å². The van der Waals surface area contributed by atoms with E-state index in [0.717, 1.165) is 65.2 Å². The summed E-state index contributed by atoms with van der Waals surface area (Å²) >= 11 is 0. The molecule has 1 aromatic rings. The Morgan fingerprint density at radius 3 is 2.50 bits per heavy atom. The summed E-state index contributed by atoms with van der Waals surface area (Å²) in [5.41, 5.74) is 2.72. The Morgan fingerprint density at radius 1 is 1.00 bits per heavy atom. The fourth-order valence-electron chi connectivity index (χ4n) is 5.11. The van der Waals surface area contributed by atoms with Crippen molar-refractivity contribution in [2.45, 2.75) is 25.8 Å². The number of rotatable bonds is 5. The van der Waals surface area contributed by atoms with E-state index in [1.54, 1.807) is 0 Å². The van der Waals surface area contributed by atoms with Crippen LogP contribution >= 0.6 is 0 Å². The zero-order valence-electron chi connectivity index (χ0n) is 16.6. The number of hydrogen-bond donors (Lipinski definition) is 1. The van der Waals surface area contributed by atoms with Gasteiger partial charge in [-0.2, -0.15) is 0 Å². The SMILES string of the molecule is O=C(O)[C@@H]1COCC[C@@H]1C1CCN(Cc2ccccc2N2CCOCC2)CC1. The van der Waals surface area contributed by atoms with Crippen molar-refractivity contribution in [3.05, 3.63) is 29.8 Å². The van der Waals surface area contributed by atoms with Crippen LogP contribution in [-0.2, 0) is 20.8 Å². The van der Waals surface area contributed by atoms with Crippen LogP contribution in [0.4, 0.5) is 5.69 Å². The van der Waals surface area contributed by atoms with Crippen LogP contribution in [0.5, 0.6) is 0 Å². The number of piperidine rings is 1. The Bertz CT molecular complexity index is 654. The fraction of sp³-hybridized carbons (Fsp3) is 0.682. The summed E-state index contributed by atoms with van der Waals surface area (Å²) in [4.78, 5) is 16.6. The number of hydrogen-bond acceptors (Lipinski definition) is 5. The maximum absolute atomic E-state index is 11.6. The Morgan fingerprint density at radius 2 is 1.75 bits per heavy atom. The zero-order chi connectivity index (χ0) is 19.3. The highest BCUT2D eigenvalue weighted by atomic mass is 16.5. The molecule has 0 bridgehead atoms. The van der Waals surface area contributed by atoms with E-state index in [0.29, 0.717) is 19.1 Å². The molecule has 3 heterocycles. The van der Waals surface area contributed by atoms with Gasteiger partial charge in [0, 0.05) is 31.9 Å². The van der Waals surface area contributed by atoms with Gasteiger partial charge in [-0.15, -0.1) is 0 Å². The third kappa shape index (κ3) is 4.50. The van der Waals surface area contributed by atoms with Crippen molar-refractivity contribution >= 4 is 11.7 Å². The summed E-state index contributed by atoms with van der Waals surface area (Å²) in [6.07, 6.45) is 3.07. The molecule has 1 N–H and O–H groups in total. The number of para-hydroxylation sites is 1. The maximum atomic E-state index is 11.6. The van der Waals surface area contributed by atoms with E-state index in [1.807, 2.05) is 0 Å². The molecule has 3 aliphatic heterocycles. The molecule has 2 atom stereocenters. The van der Waals surface area contributed by atoms with Crippen molar-refractivity contribution < 1.29 is 19.4 Å². The van der Waals surface area contributed by atoms with Crippen molar-refractivity contribution in [1.82, 2.24) is 4.90 Å². The molecule has 0 saturated carbocycles. The quantitative estimate of drug-likeness (QED) is 0.836. The number of nitrogens with zero attached hydrogens (tertiary/aromatic N) is 2. The van der Waals surface area contributed by atoms with Gasteiger partial charge in [0.25, 0.3) is 0 Å². The molecular formula is C22H32N2O4. The van der Waals surface area contributed by atoms with Gasteiger partial charge in [0.15, 0.2) is 0 Å². The molecule has 0 unspecified atom stereocenters. The first-order chi connectivity index (χ1) is 13.7. The van der Waals surface area contributed by atoms with Crippen LogP contribution in [0, 0.1) is 17.8 Å². The second-order valence-electron chi connectivity index (χ2n) is 8.31. The minimum absolute atomic E-state index is 0.272. The number of carboxylic acid groups (broad SMARTS) is 1. The van der Waals surface area contributed by atoms with Gasteiger partial charge in [0.1, 0.15) is 0 Å². The molecule has 28 heavy (non-hydrogen) atoms. The van der Waals surface area contributed by atoms with Gasteiger partial charge in [-0.25, -0.2) is 0 Å². The number of likely N-dealkylation sites (tertiary alicyclic amines) is 1. The lowest BCUT2D eigenvalue weighted by Crippen LogP contribution is -2.43. The average molecular weight is 389 g/mol. The minimum Gasteiger partial charge on any atom is -0.481 e. The van der Waals surface area contributed by atoms with Crippen LogP contribution in [0.1, 0.15) is 24.8 Å². The van der Waals surface area contributed by atoms with Crippen molar-refractivity contribution in [3.8, 4) is 0 Å². The van der Waals surface area contributed by atoms with E-state index >= 15 is 0 Å². The average Bonchev–Trinajstić information content (AvgIpc) is 2.75. The third-order valence-corrected chi connectivity index (χ3v) is 6.70. The molecule has 0 radical (unpaired) electrons.